The van der Waals surface area contributed by atoms with Crippen molar-refractivity contribution in [3.63, 3.8) is 0 Å². The lowest BCUT2D eigenvalue weighted by molar-refractivity contribution is 0.300. The summed E-state index contributed by atoms with van der Waals surface area (Å²) in [7, 11) is -3.81. The fraction of sp³-hybridized carbons (Fsp3) is 0.520. The molecule has 184 valence electrons. The van der Waals surface area contributed by atoms with Crippen molar-refractivity contribution < 1.29 is 13.2 Å². The van der Waals surface area contributed by atoms with Gasteiger partial charge in [-0.05, 0) is 53.9 Å². The maximum absolute atomic E-state index is 12.6. The van der Waals surface area contributed by atoms with Crippen LogP contribution in [0.15, 0.2) is 35.2 Å². The summed E-state index contributed by atoms with van der Waals surface area (Å²) in [5.41, 5.74) is 8.41. The van der Waals surface area contributed by atoms with E-state index < -0.39 is 10.0 Å². The first kappa shape index (κ1) is 27.8. The Labute approximate surface area is 209 Å². The minimum Gasteiger partial charge on any atom is -0.493 e. The van der Waals surface area contributed by atoms with Gasteiger partial charge in [-0.1, -0.05) is 76.9 Å². The number of benzene rings is 2. The van der Waals surface area contributed by atoms with Gasteiger partial charge in [-0.15, -0.1) is 0 Å². The first-order valence-corrected chi connectivity index (χ1v) is 13.5. The van der Waals surface area contributed by atoms with Crippen LogP contribution in [0, 0.1) is 0 Å². The lowest BCUT2D eigenvalue weighted by Gasteiger charge is -2.30. The fourth-order valence-corrected chi connectivity index (χ4v) is 5.15. The van der Waals surface area contributed by atoms with Gasteiger partial charge in [0.25, 0.3) is 0 Å². The van der Waals surface area contributed by atoms with Crippen LogP contribution in [0.5, 0.6) is 5.75 Å². The Morgan fingerprint density at radius 2 is 1.61 bits per heavy atom. The predicted octanol–water partition coefficient (Wildman–Crippen LogP) is 6.70. The molecule has 0 aliphatic rings. The largest absolute Gasteiger partial charge is 0.493 e. The number of halogens is 2. The molecule has 33 heavy (non-hydrogen) atoms. The molecule has 0 bridgehead atoms. The van der Waals surface area contributed by atoms with Gasteiger partial charge in [0.05, 0.1) is 22.3 Å². The number of nitrogens with two attached hydrogens (primary N) is 1. The van der Waals surface area contributed by atoms with Gasteiger partial charge in [0.2, 0.25) is 10.0 Å². The van der Waals surface area contributed by atoms with Crippen LogP contribution in [0.25, 0.3) is 0 Å². The molecule has 0 fully saturated rings. The molecule has 2 aromatic rings. The molecule has 8 heteroatoms. The van der Waals surface area contributed by atoms with Crippen LogP contribution >= 0.6 is 23.2 Å². The van der Waals surface area contributed by atoms with Gasteiger partial charge < -0.3 is 10.5 Å². The monoisotopic (exact) mass is 514 g/mol. The molecule has 3 N–H and O–H groups in total. The molecule has 0 atom stereocenters. The molecule has 0 aliphatic carbocycles. The minimum absolute atomic E-state index is 0.0298. The lowest BCUT2D eigenvalue weighted by Crippen LogP contribution is -2.26. The van der Waals surface area contributed by atoms with E-state index in [4.69, 9.17) is 33.7 Å². The zero-order chi connectivity index (χ0) is 25.0. The van der Waals surface area contributed by atoms with E-state index in [1.807, 2.05) is 6.07 Å². The summed E-state index contributed by atoms with van der Waals surface area (Å²) >= 11 is 12.0. The van der Waals surface area contributed by atoms with Crippen LogP contribution in [0.4, 0.5) is 5.69 Å². The molecule has 0 aromatic heterocycles. The smallest absolute Gasteiger partial charge is 0.242 e. The Bertz CT molecular complexity index is 1080. The number of nitrogen functional groups attached to an aromatic ring is 1. The molecule has 0 amide bonds. The zero-order valence-corrected chi connectivity index (χ0v) is 22.7. The molecule has 2 aromatic carbocycles. The third kappa shape index (κ3) is 6.78. The lowest BCUT2D eigenvalue weighted by atomic mass is 9.76. The van der Waals surface area contributed by atoms with E-state index in [0.29, 0.717) is 13.0 Å². The predicted molar refractivity (Wildman–Crippen MR) is 139 cm³/mol. The van der Waals surface area contributed by atoms with Crippen molar-refractivity contribution >= 4 is 38.9 Å². The average molecular weight is 516 g/mol. The molecule has 0 spiro atoms. The summed E-state index contributed by atoms with van der Waals surface area (Å²) in [6.07, 6.45) is 2.51. The summed E-state index contributed by atoms with van der Waals surface area (Å²) in [5.74, 6) is 0.841. The molecule has 0 unspecified atom stereocenters. The SMILES string of the molecule is CCC(C)(C)c1ccc(OCCCNS(=O)(=O)c2cc(Cl)c(N)cc2Cl)c(C(C)(C)CC)c1. The van der Waals surface area contributed by atoms with Gasteiger partial charge >= 0.3 is 0 Å². The van der Waals surface area contributed by atoms with Gasteiger partial charge in [0.15, 0.2) is 0 Å². The highest BCUT2D eigenvalue weighted by atomic mass is 35.5. The molecular formula is C25H36Cl2N2O3S. The molecule has 5 nitrogen and oxygen atoms in total. The maximum Gasteiger partial charge on any atom is 0.242 e. The van der Waals surface area contributed by atoms with E-state index in [1.54, 1.807) is 0 Å². The van der Waals surface area contributed by atoms with Crippen molar-refractivity contribution in [2.75, 3.05) is 18.9 Å². The van der Waals surface area contributed by atoms with Crippen LogP contribution in [0.1, 0.15) is 71.9 Å². The van der Waals surface area contributed by atoms with Crippen LogP contribution in [0.3, 0.4) is 0 Å². The van der Waals surface area contributed by atoms with E-state index in [0.717, 1.165) is 18.6 Å². The molecule has 0 aliphatic heterocycles. The summed E-state index contributed by atoms with van der Waals surface area (Å²) in [6, 6.07) is 9.03. The van der Waals surface area contributed by atoms with Gasteiger partial charge in [-0.25, -0.2) is 13.1 Å². The van der Waals surface area contributed by atoms with Gasteiger partial charge in [0.1, 0.15) is 10.6 Å². The number of rotatable bonds is 11. The maximum atomic E-state index is 12.6. The number of nitrogens with one attached hydrogen (secondary N) is 1. The highest BCUT2D eigenvalue weighted by Crippen LogP contribution is 2.38. The van der Waals surface area contributed by atoms with Crippen LogP contribution in [-0.2, 0) is 20.9 Å². The van der Waals surface area contributed by atoms with Gasteiger partial charge in [-0.2, -0.15) is 0 Å². The number of ether oxygens (including phenoxy) is 1. The van der Waals surface area contributed by atoms with E-state index >= 15 is 0 Å². The zero-order valence-electron chi connectivity index (χ0n) is 20.4. The highest BCUT2D eigenvalue weighted by Gasteiger charge is 2.26. The Kier molecular flexibility index (Phi) is 9.13. The van der Waals surface area contributed by atoms with E-state index in [-0.39, 0.29) is 38.0 Å². The van der Waals surface area contributed by atoms with Crippen LogP contribution in [0.2, 0.25) is 10.0 Å². The average Bonchev–Trinajstić information content (AvgIpc) is 2.75. The molecule has 0 heterocycles. The second-order valence-corrected chi connectivity index (χ2v) is 12.1. The molecule has 0 saturated heterocycles. The van der Waals surface area contributed by atoms with Crippen LogP contribution < -0.4 is 15.2 Å². The second kappa shape index (κ2) is 10.9. The quantitative estimate of drug-likeness (QED) is 0.258. The van der Waals surface area contributed by atoms with Crippen molar-refractivity contribution in [1.29, 1.82) is 0 Å². The first-order chi connectivity index (χ1) is 15.2. The van der Waals surface area contributed by atoms with E-state index in [1.165, 1.54) is 23.3 Å². The molecule has 0 saturated carbocycles. The third-order valence-corrected chi connectivity index (χ3v) is 8.72. The molecular weight excluding hydrogens is 479 g/mol. The Morgan fingerprint density at radius 3 is 2.21 bits per heavy atom. The standard InChI is InChI=1S/C25H36Cl2N2O3S/c1-7-24(3,4)17-10-11-22(18(14-17)25(5,6)8-2)32-13-9-12-29-33(30,31)23-16-19(26)21(28)15-20(23)27/h10-11,14-16,29H,7-9,12-13,28H2,1-6H3. The number of sulfonamides is 1. The molecule has 0 radical (unpaired) electrons. The van der Waals surface area contributed by atoms with Crippen molar-refractivity contribution in [3.05, 3.63) is 51.5 Å². The third-order valence-electron chi connectivity index (χ3n) is 6.47. The second-order valence-electron chi connectivity index (χ2n) is 9.59. The summed E-state index contributed by atoms with van der Waals surface area (Å²) in [5, 5.41) is 0.172. The summed E-state index contributed by atoms with van der Waals surface area (Å²) in [6.45, 7) is 13.9. The van der Waals surface area contributed by atoms with E-state index in [9.17, 15) is 8.42 Å². The van der Waals surface area contributed by atoms with Crippen LogP contribution in [-0.4, -0.2) is 21.6 Å². The first-order valence-electron chi connectivity index (χ1n) is 11.3. The molecule has 2 rings (SSSR count). The highest BCUT2D eigenvalue weighted by molar-refractivity contribution is 7.89. The number of anilines is 1. The topological polar surface area (TPSA) is 81.4 Å². The Balaban J connectivity index is 2.08. The van der Waals surface area contributed by atoms with Crippen molar-refractivity contribution in [1.82, 2.24) is 4.72 Å². The number of hydrogen-bond donors (Lipinski definition) is 2. The Morgan fingerprint density at radius 1 is 0.970 bits per heavy atom. The fourth-order valence-electron chi connectivity index (χ4n) is 3.29. The van der Waals surface area contributed by atoms with E-state index in [2.05, 4.69) is 58.4 Å². The van der Waals surface area contributed by atoms with Gasteiger partial charge in [0, 0.05) is 12.1 Å². The van der Waals surface area contributed by atoms with Crippen molar-refractivity contribution in [2.24, 2.45) is 0 Å². The summed E-state index contributed by atoms with van der Waals surface area (Å²) < 4.78 is 33.9. The van der Waals surface area contributed by atoms with Crippen molar-refractivity contribution in [3.8, 4) is 5.75 Å². The van der Waals surface area contributed by atoms with Crippen molar-refractivity contribution in [2.45, 2.75) is 76.5 Å². The van der Waals surface area contributed by atoms with Gasteiger partial charge in [-0.3, -0.25) is 0 Å². The summed E-state index contributed by atoms with van der Waals surface area (Å²) in [4.78, 5) is -0.0922. The normalized spacial score (nSPS) is 12.7. The minimum atomic E-state index is -3.81. The Hall–Kier alpha value is -1.47. The number of hydrogen-bond acceptors (Lipinski definition) is 4.